The maximum Gasteiger partial charge on any atom is 0.262 e. The third-order valence-electron chi connectivity index (χ3n) is 4.48. The quantitative estimate of drug-likeness (QED) is 0.386. The number of nitrogens with zero attached hydrogens (tertiary/aromatic N) is 2. The highest BCUT2D eigenvalue weighted by Gasteiger charge is 2.22. The standard InChI is InChI=1S/C19H20N2O2S2/c1-12-5-3-6-13(11-12)23-9-10-24-19-20-17-16(18(22)21(19)2)14-7-4-8-15(14)25-17/h3,5-6,11H,4,7-10H2,1-2H3. The summed E-state index contributed by atoms with van der Waals surface area (Å²) >= 11 is 3.27. The van der Waals surface area contributed by atoms with Crippen LogP contribution in [-0.2, 0) is 19.9 Å². The van der Waals surface area contributed by atoms with Crippen LogP contribution < -0.4 is 10.3 Å². The molecule has 1 aromatic carbocycles. The normalized spacial score (nSPS) is 13.4. The second-order valence-electron chi connectivity index (χ2n) is 6.31. The van der Waals surface area contributed by atoms with Crippen LogP contribution in [0.3, 0.4) is 0 Å². The summed E-state index contributed by atoms with van der Waals surface area (Å²) in [6, 6.07) is 8.03. The van der Waals surface area contributed by atoms with E-state index in [9.17, 15) is 4.79 Å². The van der Waals surface area contributed by atoms with E-state index in [1.165, 1.54) is 16.0 Å². The fourth-order valence-corrected chi connectivity index (χ4v) is 5.32. The molecule has 0 saturated carbocycles. The highest BCUT2D eigenvalue weighted by Crippen LogP contribution is 2.35. The zero-order valence-electron chi connectivity index (χ0n) is 14.4. The number of aryl methyl sites for hydroxylation is 3. The molecule has 0 radical (unpaired) electrons. The van der Waals surface area contributed by atoms with Crippen LogP contribution in [0.15, 0.2) is 34.2 Å². The molecule has 0 N–H and O–H groups in total. The molecule has 0 bridgehead atoms. The Balaban J connectivity index is 1.48. The van der Waals surface area contributed by atoms with Crippen molar-refractivity contribution in [2.45, 2.75) is 31.3 Å². The number of ether oxygens (including phenoxy) is 1. The largest absolute Gasteiger partial charge is 0.493 e. The molecular formula is C19H20N2O2S2. The Kier molecular flexibility index (Phi) is 4.56. The van der Waals surface area contributed by atoms with E-state index in [4.69, 9.17) is 9.72 Å². The summed E-state index contributed by atoms with van der Waals surface area (Å²) < 4.78 is 7.47. The molecule has 2 aromatic heterocycles. The first-order valence-corrected chi connectivity index (χ1v) is 10.3. The van der Waals surface area contributed by atoms with Crippen molar-refractivity contribution >= 4 is 33.3 Å². The second-order valence-corrected chi connectivity index (χ2v) is 8.46. The highest BCUT2D eigenvalue weighted by atomic mass is 32.2. The van der Waals surface area contributed by atoms with Crippen LogP contribution in [0.4, 0.5) is 0 Å². The smallest absolute Gasteiger partial charge is 0.262 e. The highest BCUT2D eigenvalue weighted by molar-refractivity contribution is 7.99. The second kappa shape index (κ2) is 6.84. The SMILES string of the molecule is Cc1cccc(OCCSc2nc3sc4c(c3c(=O)n2C)CCC4)c1. The molecule has 0 unspecified atom stereocenters. The van der Waals surface area contributed by atoms with E-state index in [-0.39, 0.29) is 5.56 Å². The summed E-state index contributed by atoms with van der Waals surface area (Å²) in [7, 11) is 1.82. The summed E-state index contributed by atoms with van der Waals surface area (Å²) in [5, 5.41) is 1.62. The van der Waals surface area contributed by atoms with Gasteiger partial charge < -0.3 is 4.74 Å². The van der Waals surface area contributed by atoms with Crippen LogP contribution in [-0.4, -0.2) is 21.9 Å². The molecule has 0 fully saturated rings. The Morgan fingerprint density at radius 2 is 2.24 bits per heavy atom. The van der Waals surface area contributed by atoms with E-state index in [2.05, 4.69) is 13.0 Å². The number of hydrogen-bond donors (Lipinski definition) is 0. The number of rotatable bonds is 5. The number of fused-ring (bicyclic) bond motifs is 3. The van der Waals surface area contributed by atoms with Gasteiger partial charge in [0.05, 0.1) is 12.0 Å². The van der Waals surface area contributed by atoms with E-state index in [1.54, 1.807) is 27.7 Å². The molecule has 1 aliphatic rings. The zero-order chi connectivity index (χ0) is 17.4. The maximum absolute atomic E-state index is 12.7. The van der Waals surface area contributed by atoms with Gasteiger partial charge in [-0.15, -0.1) is 11.3 Å². The van der Waals surface area contributed by atoms with Gasteiger partial charge in [0, 0.05) is 17.7 Å². The van der Waals surface area contributed by atoms with Crippen LogP contribution >= 0.6 is 23.1 Å². The van der Waals surface area contributed by atoms with Gasteiger partial charge in [-0.25, -0.2) is 4.98 Å². The first kappa shape index (κ1) is 16.7. The van der Waals surface area contributed by atoms with E-state index in [1.807, 2.05) is 25.2 Å². The van der Waals surface area contributed by atoms with Gasteiger partial charge in [-0.1, -0.05) is 23.9 Å². The molecule has 25 heavy (non-hydrogen) atoms. The minimum atomic E-state index is 0.0894. The van der Waals surface area contributed by atoms with Gasteiger partial charge in [-0.3, -0.25) is 9.36 Å². The molecular weight excluding hydrogens is 352 g/mol. The van der Waals surface area contributed by atoms with Gasteiger partial charge in [-0.05, 0) is 49.4 Å². The molecule has 0 spiro atoms. The first-order valence-electron chi connectivity index (χ1n) is 8.47. The predicted molar refractivity (Wildman–Crippen MR) is 104 cm³/mol. The Morgan fingerprint density at radius 3 is 3.08 bits per heavy atom. The van der Waals surface area contributed by atoms with Gasteiger partial charge in [0.1, 0.15) is 10.6 Å². The lowest BCUT2D eigenvalue weighted by molar-refractivity contribution is 0.343. The lowest BCUT2D eigenvalue weighted by atomic mass is 10.2. The summed E-state index contributed by atoms with van der Waals surface area (Å²) in [5.74, 6) is 1.64. The van der Waals surface area contributed by atoms with Gasteiger partial charge in [-0.2, -0.15) is 0 Å². The van der Waals surface area contributed by atoms with Crippen molar-refractivity contribution in [1.82, 2.24) is 9.55 Å². The Hall–Kier alpha value is -1.79. The van der Waals surface area contributed by atoms with E-state index >= 15 is 0 Å². The molecule has 4 nitrogen and oxygen atoms in total. The van der Waals surface area contributed by atoms with Gasteiger partial charge in [0.2, 0.25) is 0 Å². The van der Waals surface area contributed by atoms with Crippen LogP contribution in [0.2, 0.25) is 0 Å². The zero-order valence-corrected chi connectivity index (χ0v) is 16.0. The van der Waals surface area contributed by atoms with Gasteiger partial charge in [0.15, 0.2) is 5.16 Å². The molecule has 0 amide bonds. The predicted octanol–water partition coefficient (Wildman–Crippen LogP) is 3.96. The summed E-state index contributed by atoms with van der Waals surface area (Å²) in [5.41, 5.74) is 2.52. The molecule has 0 saturated heterocycles. The molecule has 3 aromatic rings. The molecule has 1 aliphatic carbocycles. The van der Waals surface area contributed by atoms with Gasteiger partial charge in [0.25, 0.3) is 5.56 Å². The average Bonchev–Trinajstić information content (AvgIpc) is 3.16. The first-order chi connectivity index (χ1) is 12.1. The Morgan fingerprint density at radius 1 is 1.36 bits per heavy atom. The summed E-state index contributed by atoms with van der Waals surface area (Å²) in [6.45, 7) is 2.64. The summed E-state index contributed by atoms with van der Waals surface area (Å²) in [4.78, 5) is 19.7. The fourth-order valence-electron chi connectivity index (χ4n) is 3.23. The number of thioether (sulfide) groups is 1. The molecule has 0 atom stereocenters. The summed E-state index contributed by atoms with van der Waals surface area (Å²) in [6.07, 6.45) is 3.27. The minimum Gasteiger partial charge on any atom is -0.493 e. The van der Waals surface area contributed by atoms with Crippen molar-refractivity contribution < 1.29 is 4.74 Å². The van der Waals surface area contributed by atoms with Crippen LogP contribution in [0, 0.1) is 6.92 Å². The third-order valence-corrected chi connectivity index (χ3v) is 6.66. The maximum atomic E-state index is 12.7. The molecule has 130 valence electrons. The van der Waals surface area contributed by atoms with E-state index in [0.29, 0.717) is 6.61 Å². The van der Waals surface area contributed by atoms with Crippen molar-refractivity contribution in [3.63, 3.8) is 0 Å². The van der Waals surface area contributed by atoms with Crippen LogP contribution in [0.25, 0.3) is 10.2 Å². The lowest BCUT2D eigenvalue weighted by Gasteiger charge is -2.09. The monoisotopic (exact) mass is 372 g/mol. The molecule has 6 heteroatoms. The van der Waals surface area contributed by atoms with Crippen molar-refractivity contribution in [2.75, 3.05) is 12.4 Å². The van der Waals surface area contributed by atoms with E-state index < -0.39 is 0 Å². The van der Waals surface area contributed by atoms with Crippen molar-refractivity contribution in [3.8, 4) is 5.75 Å². The lowest BCUT2D eigenvalue weighted by Crippen LogP contribution is -2.20. The third kappa shape index (κ3) is 3.20. The molecule has 0 aliphatic heterocycles. The van der Waals surface area contributed by atoms with Crippen molar-refractivity contribution in [1.29, 1.82) is 0 Å². The van der Waals surface area contributed by atoms with Crippen molar-refractivity contribution in [2.24, 2.45) is 7.05 Å². The topological polar surface area (TPSA) is 44.1 Å². The molecule has 2 heterocycles. The Labute approximate surface area is 154 Å². The fraction of sp³-hybridized carbons (Fsp3) is 0.368. The Bertz CT molecular complexity index is 991. The number of thiophene rings is 1. The van der Waals surface area contributed by atoms with Gasteiger partial charge >= 0.3 is 0 Å². The van der Waals surface area contributed by atoms with Crippen molar-refractivity contribution in [3.05, 3.63) is 50.6 Å². The molecule has 4 rings (SSSR count). The van der Waals surface area contributed by atoms with E-state index in [0.717, 1.165) is 46.1 Å². The average molecular weight is 373 g/mol. The van der Waals surface area contributed by atoms with Crippen LogP contribution in [0.5, 0.6) is 5.75 Å². The minimum absolute atomic E-state index is 0.0894. The number of aromatic nitrogens is 2. The number of hydrogen-bond acceptors (Lipinski definition) is 5. The number of benzene rings is 1. The van der Waals surface area contributed by atoms with Crippen LogP contribution in [0.1, 0.15) is 22.4 Å².